The number of sulfonamides is 1. The Morgan fingerprint density at radius 1 is 1.12 bits per heavy atom. The summed E-state index contributed by atoms with van der Waals surface area (Å²) in [6, 6.07) is 11.6. The fourth-order valence-corrected chi connectivity index (χ4v) is 5.68. The minimum atomic E-state index is -3.56. The van der Waals surface area contributed by atoms with Crippen molar-refractivity contribution in [2.24, 2.45) is 0 Å². The molecule has 0 spiro atoms. The lowest BCUT2D eigenvalue weighted by Gasteiger charge is -2.35. The number of nitro groups is 1. The second-order valence-corrected chi connectivity index (χ2v) is 10.7. The van der Waals surface area contributed by atoms with Gasteiger partial charge in [0.05, 0.1) is 15.9 Å². The van der Waals surface area contributed by atoms with E-state index < -0.39 is 14.9 Å². The van der Waals surface area contributed by atoms with Crippen LogP contribution in [0.1, 0.15) is 12.8 Å². The molecule has 0 radical (unpaired) electrons. The van der Waals surface area contributed by atoms with E-state index >= 15 is 0 Å². The lowest BCUT2D eigenvalue weighted by molar-refractivity contribution is -0.383. The van der Waals surface area contributed by atoms with Crippen molar-refractivity contribution in [3.8, 4) is 0 Å². The van der Waals surface area contributed by atoms with Crippen LogP contribution in [0.5, 0.6) is 0 Å². The summed E-state index contributed by atoms with van der Waals surface area (Å²) >= 11 is 3.32. The van der Waals surface area contributed by atoms with Crippen LogP contribution in [0.2, 0.25) is 0 Å². The number of anilines is 2. The molecule has 4 rings (SSSR count). The van der Waals surface area contributed by atoms with E-state index in [1.165, 1.54) is 10.4 Å². The molecule has 2 aliphatic rings. The maximum Gasteiger partial charge on any atom is 0.292 e. The third-order valence-corrected chi connectivity index (χ3v) is 8.22. The number of nitro benzene ring substituents is 1. The maximum atomic E-state index is 12.9. The van der Waals surface area contributed by atoms with Crippen LogP contribution in [0.3, 0.4) is 0 Å². The topological polar surface area (TPSA) is 105 Å². The molecule has 9 nitrogen and oxygen atoms in total. The van der Waals surface area contributed by atoms with Crippen molar-refractivity contribution in [2.45, 2.75) is 23.8 Å². The molecule has 1 unspecified atom stereocenters. The Labute approximate surface area is 195 Å². The highest BCUT2D eigenvalue weighted by Gasteiger charge is 2.29. The van der Waals surface area contributed by atoms with E-state index in [1.807, 2.05) is 0 Å². The van der Waals surface area contributed by atoms with Crippen LogP contribution in [0.4, 0.5) is 17.1 Å². The number of nitrogens with one attached hydrogen (secondary N) is 1. The van der Waals surface area contributed by atoms with Gasteiger partial charge >= 0.3 is 0 Å². The van der Waals surface area contributed by atoms with Crippen LogP contribution in [-0.2, 0) is 14.8 Å². The normalized spacial score (nSPS) is 19.8. The molecule has 0 amide bonds. The van der Waals surface area contributed by atoms with E-state index in [0.29, 0.717) is 38.4 Å². The predicted molar refractivity (Wildman–Crippen MR) is 126 cm³/mol. The molecule has 0 aliphatic carbocycles. The fraction of sp³-hybridized carbons (Fsp3) is 0.429. The van der Waals surface area contributed by atoms with Crippen molar-refractivity contribution in [3.05, 3.63) is 57.1 Å². The molecular weight excluding hydrogens is 500 g/mol. The van der Waals surface area contributed by atoms with Gasteiger partial charge in [-0.2, -0.15) is 4.31 Å². The summed E-state index contributed by atoms with van der Waals surface area (Å²) in [5, 5.41) is 14.6. The van der Waals surface area contributed by atoms with Crippen molar-refractivity contribution >= 4 is 43.0 Å². The van der Waals surface area contributed by atoms with Gasteiger partial charge in [0.1, 0.15) is 5.69 Å². The average molecular weight is 525 g/mol. The van der Waals surface area contributed by atoms with Crippen molar-refractivity contribution in [1.82, 2.24) is 4.31 Å². The van der Waals surface area contributed by atoms with Gasteiger partial charge in [-0.05, 0) is 49.2 Å². The summed E-state index contributed by atoms with van der Waals surface area (Å²) in [5.74, 6) is 0. The molecule has 32 heavy (non-hydrogen) atoms. The molecule has 11 heteroatoms. The minimum absolute atomic E-state index is 0.0169. The highest BCUT2D eigenvalue weighted by molar-refractivity contribution is 9.10. The van der Waals surface area contributed by atoms with Gasteiger partial charge in [-0.1, -0.05) is 15.9 Å². The molecule has 0 bridgehead atoms. The number of ether oxygens (including phenoxy) is 1. The van der Waals surface area contributed by atoms with Crippen LogP contribution in [0, 0.1) is 10.1 Å². The average Bonchev–Trinajstić information content (AvgIpc) is 3.31. The second kappa shape index (κ2) is 9.74. The second-order valence-electron chi connectivity index (χ2n) is 7.82. The van der Waals surface area contributed by atoms with Crippen molar-refractivity contribution in [2.75, 3.05) is 49.5 Å². The highest BCUT2D eigenvalue weighted by Crippen LogP contribution is 2.31. The molecule has 1 atom stereocenters. The largest absolute Gasteiger partial charge is 0.377 e. The van der Waals surface area contributed by atoms with E-state index in [-0.39, 0.29) is 16.7 Å². The molecule has 2 heterocycles. The van der Waals surface area contributed by atoms with Crippen LogP contribution < -0.4 is 10.2 Å². The maximum absolute atomic E-state index is 12.9. The number of benzene rings is 2. The Kier molecular flexibility index (Phi) is 6.99. The summed E-state index contributed by atoms with van der Waals surface area (Å²) in [7, 11) is -3.56. The number of rotatable bonds is 7. The molecule has 2 aromatic rings. The summed E-state index contributed by atoms with van der Waals surface area (Å²) in [5.41, 5.74) is 1.29. The Bertz CT molecular complexity index is 1070. The van der Waals surface area contributed by atoms with E-state index in [2.05, 4.69) is 26.1 Å². The van der Waals surface area contributed by atoms with E-state index in [4.69, 9.17) is 4.74 Å². The van der Waals surface area contributed by atoms with Gasteiger partial charge in [-0.3, -0.25) is 10.1 Å². The molecule has 2 aromatic carbocycles. The quantitative estimate of drug-likeness (QED) is 0.436. The predicted octanol–water partition coefficient (Wildman–Crippen LogP) is 3.46. The summed E-state index contributed by atoms with van der Waals surface area (Å²) in [6.07, 6.45) is 2.00. The van der Waals surface area contributed by atoms with Gasteiger partial charge in [0.25, 0.3) is 5.69 Å². The molecule has 1 N–H and O–H groups in total. The third kappa shape index (κ3) is 5.06. The van der Waals surface area contributed by atoms with Gasteiger partial charge in [0, 0.05) is 55.6 Å². The zero-order valence-corrected chi connectivity index (χ0v) is 19.8. The number of halogens is 1. The Hall–Kier alpha value is -2.21. The monoisotopic (exact) mass is 524 g/mol. The van der Waals surface area contributed by atoms with E-state index in [0.717, 1.165) is 29.6 Å². The van der Waals surface area contributed by atoms with E-state index in [9.17, 15) is 18.5 Å². The number of nitrogens with zero attached hydrogens (tertiary/aromatic N) is 3. The molecule has 0 saturated carbocycles. The first-order valence-electron chi connectivity index (χ1n) is 10.5. The van der Waals surface area contributed by atoms with Crippen LogP contribution >= 0.6 is 15.9 Å². The molecule has 2 saturated heterocycles. The number of hydrogen-bond acceptors (Lipinski definition) is 7. The molecule has 172 valence electrons. The van der Waals surface area contributed by atoms with E-state index in [1.54, 1.807) is 36.4 Å². The van der Waals surface area contributed by atoms with Gasteiger partial charge in [-0.15, -0.1) is 0 Å². The Balaban J connectivity index is 1.45. The summed E-state index contributed by atoms with van der Waals surface area (Å²) in [4.78, 5) is 13.4. The lowest BCUT2D eigenvalue weighted by Crippen LogP contribution is -2.48. The van der Waals surface area contributed by atoms with Gasteiger partial charge < -0.3 is 15.0 Å². The lowest BCUT2D eigenvalue weighted by atomic mass is 10.2. The minimum Gasteiger partial charge on any atom is -0.377 e. The van der Waals surface area contributed by atoms with Gasteiger partial charge in [-0.25, -0.2) is 8.42 Å². The summed E-state index contributed by atoms with van der Waals surface area (Å²) in [6.45, 7) is 2.92. The molecule has 0 aromatic heterocycles. The first-order valence-corrected chi connectivity index (χ1v) is 12.7. The van der Waals surface area contributed by atoms with Crippen LogP contribution in [0.25, 0.3) is 0 Å². The van der Waals surface area contributed by atoms with Crippen LogP contribution in [0.15, 0.2) is 51.8 Å². The molecule has 2 fully saturated rings. The number of piperazine rings is 1. The highest BCUT2D eigenvalue weighted by atomic mass is 79.9. The fourth-order valence-electron chi connectivity index (χ4n) is 3.99. The third-order valence-electron chi connectivity index (χ3n) is 5.78. The van der Waals surface area contributed by atoms with Gasteiger partial charge in [0.15, 0.2) is 0 Å². The van der Waals surface area contributed by atoms with Gasteiger partial charge in [0.2, 0.25) is 10.0 Å². The standard InChI is InChI=1S/C21H25BrN4O5S/c22-16-3-6-19(7-4-16)32(29,30)25-11-9-24(10-12-25)17-5-8-21(26(27)28)20(14-17)23-15-18-2-1-13-31-18/h3-8,14,18,23H,1-2,9-13,15H2. The zero-order chi connectivity index (χ0) is 22.7. The molecule has 2 aliphatic heterocycles. The first kappa shape index (κ1) is 23.0. The van der Waals surface area contributed by atoms with Crippen molar-refractivity contribution < 1.29 is 18.1 Å². The Morgan fingerprint density at radius 3 is 2.47 bits per heavy atom. The summed E-state index contributed by atoms with van der Waals surface area (Å²) < 4.78 is 33.7. The number of hydrogen-bond donors (Lipinski definition) is 1. The van der Waals surface area contributed by atoms with Crippen molar-refractivity contribution in [3.63, 3.8) is 0 Å². The molecular formula is C21H25BrN4O5S. The van der Waals surface area contributed by atoms with Crippen molar-refractivity contribution in [1.29, 1.82) is 0 Å². The zero-order valence-electron chi connectivity index (χ0n) is 17.4. The SMILES string of the molecule is O=[N+]([O-])c1ccc(N2CCN(S(=O)(=O)c3ccc(Br)cc3)CC2)cc1NCC1CCCO1. The Morgan fingerprint density at radius 2 is 1.84 bits per heavy atom. The first-order chi connectivity index (χ1) is 15.3. The van der Waals surface area contributed by atoms with Crippen LogP contribution in [-0.4, -0.2) is 63.1 Å². The smallest absolute Gasteiger partial charge is 0.292 e.